The molecule has 0 aromatic heterocycles. The molecule has 5 rings (SSSR count). The van der Waals surface area contributed by atoms with Gasteiger partial charge in [-0.05, 0) is 49.6 Å². The van der Waals surface area contributed by atoms with E-state index < -0.39 is 0 Å². The van der Waals surface area contributed by atoms with Gasteiger partial charge in [-0.3, -0.25) is 4.79 Å². The molecule has 24 heavy (non-hydrogen) atoms. The quantitative estimate of drug-likeness (QED) is 0.822. The Morgan fingerprint density at radius 3 is 2.71 bits per heavy atom. The smallest absolute Gasteiger partial charge is 0.255 e. The van der Waals surface area contributed by atoms with Crippen molar-refractivity contribution in [3.8, 4) is 5.75 Å². The van der Waals surface area contributed by atoms with Crippen molar-refractivity contribution in [2.75, 3.05) is 32.5 Å². The number of fused-ring (bicyclic) bond motifs is 1. The summed E-state index contributed by atoms with van der Waals surface area (Å²) in [6, 6.07) is 3.48. The van der Waals surface area contributed by atoms with Crippen molar-refractivity contribution in [1.82, 2.24) is 10.2 Å². The second kappa shape index (κ2) is 6.12. The third kappa shape index (κ3) is 2.74. The van der Waals surface area contributed by atoms with Gasteiger partial charge in [0, 0.05) is 25.2 Å². The first kappa shape index (κ1) is 16.0. The van der Waals surface area contributed by atoms with Crippen molar-refractivity contribution in [3.63, 3.8) is 0 Å². The summed E-state index contributed by atoms with van der Waals surface area (Å²) in [4.78, 5) is 15.4. The van der Waals surface area contributed by atoms with Gasteiger partial charge in [0.1, 0.15) is 5.75 Å². The van der Waals surface area contributed by atoms with E-state index in [1.165, 1.54) is 25.8 Å². The molecule has 130 valence electrons. The summed E-state index contributed by atoms with van der Waals surface area (Å²) in [6.45, 7) is 3.44. The molecule has 1 aliphatic carbocycles. The van der Waals surface area contributed by atoms with Crippen LogP contribution in [-0.4, -0.2) is 43.6 Å². The summed E-state index contributed by atoms with van der Waals surface area (Å²) in [5.74, 6) is 2.31. The summed E-state index contributed by atoms with van der Waals surface area (Å²) in [6.07, 6.45) is 3.78. The number of benzene rings is 1. The largest absolute Gasteiger partial charge is 0.496 e. The zero-order chi connectivity index (χ0) is 16.8. The lowest BCUT2D eigenvalue weighted by Crippen LogP contribution is -2.57. The van der Waals surface area contributed by atoms with Crippen LogP contribution >= 0.6 is 11.6 Å². The molecule has 6 heteroatoms. The first-order chi connectivity index (χ1) is 11.5. The molecule has 2 atom stereocenters. The first-order valence-electron chi connectivity index (χ1n) is 8.71. The number of amides is 1. The van der Waals surface area contributed by atoms with Crippen LogP contribution in [0.2, 0.25) is 5.02 Å². The van der Waals surface area contributed by atoms with Gasteiger partial charge < -0.3 is 20.7 Å². The number of methoxy groups -OCH3 is 1. The molecule has 4 fully saturated rings. The number of halogens is 1. The number of piperidine rings is 1. The second-order valence-electron chi connectivity index (χ2n) is 7.48. The Balaban J connectivity index is 1.56. The molecular formula is C18H24ClN3O2. The van der Waals surface area contributed by atoms with E-state index in [9.17, 15) is 4.79 Å². The summed E-state index contributed by atoms with van der Waals surface area (Å²) >= 11 is 6.10. The number of nitrogen functional groups attached to an aromatic ring is 1. The molecule has 0 radical (unpaired) electrons. The van der Waals surface area contributed by atoms with Crippen LogP contribution in [0.3, 0.4) is 0 Å². The zero-order valence-electron chi connectivity index (χ0n) is 13.9. The normalized spacial score (nSPS) is 34.0. The lowest BCUT2D eigenvalue weighted by Gasteiger charge is -2.46. The van der Waals surface area contributed by atoms with Gasteiger partial charge in [-0.25, -0.2) is 0 Å². The maximum atomic E-state index is 12.9. The van der Waals surface area contributed by atoms with E-state index in [0.717, 1.165) is 19.0 Å². The number of ether oxygens (including phenoxy) is 1. The van der Waals surface area contributed by atoms with Crippen molar-refractivity contribution in [1.29, 1.82) is 0 Å². The number of nitrogens with two attached hydrogens (primary N) is 1. The van der Waals surface area contributed by atoms with Crippen LogP contribution in [0.25, 0.3) is 0 Å². The highest BCUT2D eigenvalue weighted by molar-refractivity contribution is 6.33. The topological polar surface area (TPSA) is 67.6 Å². The van der Waals surface area contributed by atoms with Crippen LogP contribution < -0.4 is 15.8 Å². The minimum Gasteiger partial charge on any atom is -0.496 e. The molecule has 3 aliphatic heterocycles. The lowest BCUT2D eigenvalue weighted by molar-refractivity contribution is 0.0510. The Bertz CT molecular complexity index is 634. The number of hydrogen-bond acceptors (Lipinski definition) is 4. The fourth-order valence-corrected chi connectivity index (χ4v) is 5.07. The van der Waals surface area contributed by atoms with Crippen molar-refractivity contribution in [2.45, 2.75) is 25.3 Å². The van der Waals surface area contributed by atoms with E-state index in [1.807, 2.05) is 0 Å². The number of rotatable bonds is 3. The van der Waals surface area contributed by atoms with Crippen LogP contribution in [0.1, 0.15) is 29.6 Å². The monoisotopic (exact) mass is 349 g/mol. The van der Waals surface area contributed by atoms with Crippen LogP contribution in [-0.2, 0) is 0 Å². The minimum atomic E-state index is -0.111. The Labute approximate surface area is 147 Å². The number of carbonyl (C=O) groups is 1. The molecule has 4 aliphatic rings. The SMILES string of the molecule is COc1cc(N)c(Cl)cc1C(=O)NC1C2CC3CCN(C2)CC1C3. The Hall–Kier alpha value is -1.46. The van der Waals surface area contributed by atoms with E-state index in [1.54, 1.807) is 19.2 Å². The molecule has 1 aromatic carbocycles. The maximum Gasteiger partial charge on any atom is 0.255 e. The maximum absolute atomic E-state index is 12.9. The minimum absolute atomic E-state index is 0.111. The van der Waals surface area contributed by atoms with Gasteiger partial charge >= 0.3 is 0 Å². The first-order valence-corrected chi connectivity index (χ1v) is 9.09. The number of hydrogen-bond donors (Lipinski definition) is 2. The molecule has 4 bridgehead atoms. The number of anilines is 1. The number of nitrogens with one attached hydrogen (secondary N) is 1. The number of carbonyl (C=O) groups excluding carboxylic acids is 1. The molecular weight excluding hydrogens is 326 g/mol. The van der Waals surface area contributed by atoms with Crippen molar-refractivity contribution in [3.05, 3.63) is 22.7 Å². The fourth-order valence-electron chi connectivity index (χ4n) is 4.91. The second-order valence-corrected chi connectivity index (χ2v) is 7.89. The highest BCUT2D eigenvalue weighted by atomic mass is 35.5. The lowest BCUT2D eigenvalue weighted by atomic mass is 9.70. The third-order valence-electron chi connectivity index (χ3n) is 5.99. The van der Waals surface area contributed by atoms with Crippen LogP contribution in [0, 0.1) is 17.8 Å². The summed E-state index contributed by atoms with van der Waals surface area (Å²) in [5.41, 5.74) is 6.69. The van der Waals surface area contributed by atoms with E-state index in [-0.39, 0.29) is 11.9 Å². The molecule has 3 N–H and O–H groups in total. The standard InChI is InChI=1S/C18H24ClN3O2/c1-24-16-7-15(20)14(19)6-13(16)18(23)21-17-11-4-10-2-3-22(8-11)9-12(17)5-10/h6-7,10-12,17H,2-5,8-9,20H2,1H3,(H,21,23). The van der Waals surface area contributed by atoms with E-state index in [2.05, 4.69) is 10.2 Å². The van der Waals surface area contributed by atoms with Gasteiger partial charge in [-0.1, -0.05) is 11.6 Å². The van der Waals surface area contributed by atoms with Gasteiger partial charge in [0.2, 0.25) is 0 Å². The summed E-state index contributed by atoms with van der Waals surface area (Å²) < 4.78 is 5.32. The Morgan fingerprint density at radius 2 is 2.04 bits per heavy atom. The molecule has 3 heterocycles. The van der Waals surface area contributed by atoms with Gasteiger partial charge in [0.05, 0.1) is 23.4 Å². The Kier molecular flexibility index (Phi) is 4.09. The third-order valence-corrected chi connectivity index (χ3v) is 6.32. The number of nitrogens with zero attached hydrogens (tertiary/aromatic N) is 1. The van der Waals surface area contributed by atoms with Crippen molar-refractivity contribution < 1.29 is 9.53 Å². The average Bonchev–Trinajstić information content (AvgIpc) is 2.82. The van der Waals surface area contributed by atoms with Crippen LogP contribution in [0.15, 0.2) is 12.1 Å². The Morgan fingerprint density at radius 1 is 1.33 bits per heavy atom. The molecule has 0 spiro atoms. The molecule has 1 amide bonds. The van der Waals surface area contributed by atoms with E-state index >= 15 is 0 Å². The zero-order valence-corrected chi connectivity index (χ0v) is 14.7. The average molecular weight is 350 g/mol. The van der Waals surface area contributed by atoms with Crippen molar-refractivity contribution >= 4 is 23.2 Å². The molecule has 1 saturated carbocycles. The van der Waals surface area contributed by atoms with Crippen molar-refractivity contribution in [2.24, 2.45) is 17.8 Å². The summed E-state index contributed by atoms with van der Waals surface area (Å²) in [7, 11) is 1.54. The van der Waals surface area contributed by atoms with Crippen LogP contribution in [0.4, 0.5) is 5.69 Å². The fraction of sp³-hybridized carbons (Fsp3) is 0.611. The van der Waals surface area contributed by atoms with Gasteiger partial charge in [0.25, 0.3) is 5.91 Å². The highest BCUT2D eigenvalue weighted by Crippen LogP contribution is 2.43. The summed E-state index contributed by atoms with van der Waals surface area (Å²) in [5, 5.41) is 3.67. The molecule has 5 nitrogen and oxygen atoms in total. The van der Waals surface area contributed by atoms with E-state index in [0.29, 0.717) is 33.9 Å². The van der Waals surface area contributed by atoms with E-state index in [4.69, 9.17) is 22.1 Å². The molecule has 1 aromatic rings. The van der Waals surface area contributed by atoms with Gasteiger partial charge in [-0.15, -0.1) is 0 Å². The predicted molar refractivity (Wildman–Crippen MR) is 94.4 cm³/mol. The van der Waals surface area contributed by atoms with Gasteiger partial charge in [-0.2, -0.15) is 0 Å². The highest BCUT2D eigenvalue weighted by Gasteiger charge is 2.45. The molecule has 2 unspecified atom stereocenters. The molecule has 3 saturated heterocycles. The predicted octanol–water partition coefficient (Wildman–Crippen LogP) is 2.39. The van der Waals surface area contributed by atoms with Crippen LogP contribution in [0.5, 0.6) is 5.75 Å². The van der Waals surface area contributed by atoms with Gasteiger partial charge in [0.15, 0.2) is 0 Å².